The molecule has 0 heterocycles. The Morgan fingerprint density at radius 2 is 2.00 bits per heavy atom. The van der Waals surface area contributed by atoms with Gasteiger partial charge < -0.3 is 5.32 Å². The molecule has 20 heavy (non-hydrogen) atoms. The van der Waals surface area contributed by atoms with Gasteiger partial charge in [-0.25, -0.2) is 4.39 Å². The molecule has 1 aliphatic rings. The Hall–Kier alpha value is -1.59. The molecular weight excluding hydrogens is 274 g/mol. The van der Waals surface area contributed by atoms with Crippen LogP contribution in [0.5, 0.6) is 0 Å². The van der Waals surface area contributed by atoms with Crippen LogP contribution < -0.4 is 5.32 Å². The lowest BCUT2D eigenvalue weighted by molar-refractivity contribution is -0.140. The van der Waals surface area contributed by atoms with Crippen LogP contribution in [-0.2, 0) is 6.18 Å². The Labute approximate surface area is 114 Å². The average Bonchev–Trinajstić information content (AvgIpc) is 2.32. The van der Waals surface area contributed by atoms with Crippen molar-refractivity contribution in [3.8, 4) is 0 Å². The highest BCUT2D eigenvalue weighted by Gasteiger charge is 2.35. The van der Waals surface area contributed by atoms with E-state index in [9.17, 15) is 22.4 Å². The number of halogens is 4. The molecule has 0 saturated heterocycles. The van der Waals surface area contributed by atoms with E-state index in [4.69, 9.17) is 0 Å². The third-order valence-corrected chi connectivity index (χ3v) is 3.77. The van der Waals surface area contributed by atoms with Gasteiger partial charge in [0.25, 0.3) is 5.91 Å². The largest absolute Gasteiger partial charge is 0.419 e. The molecule has 0 bridgehead atoms. The van der Waals surface area contributed by atoms with Crippen molar-refractivity contribution in [2.24, 2.45) is 5.41 Å². The maximum Gasteiger partial charge on any atom is 0.419 e. The van der Waals surface area contributed by atoms with E-state index in [1.165, 1.54) is 0 Å². The molecule has 1 saturated carbocycles. The lowest BCUT2D eigenvalue weighted by Gasteiger charge is -2.38. The minimum Gasteiger partial charge on any atom is -0.351 e. The zero-order valence-electron chi connectivity index (χ0n) is 11.0. The SMILES string of the molecule is CC1(CNC(=O)c2ccc(F)c(C(F)(F)F)c2)CCC1. The van der Waals surface area contributed by atoms with Crippen molar-refractivity contribution >= 4 is 5.91 Å². The molecule has 0 radical (unpaired) electrons. The quantitative estimate of drug-likeness (QED) is 0.843. The van der Waals surface area contributed by atoms with E-state index in [-0.39, 0.29) is 11.0 Å². The van der Waals surface area contributed by atoms with E-state index in [2.05, 4.69) is 5.32 Å². The number of amides is 1. The van der Waals surface area contributed by atoms with Crippen LogP contribution in [0, 0.1) is 11.2 Å². The number of carbonyl (C=O) groups excluding carboxylic acids is 1. The molecule has 2 rings (SSSR count). The number of carbonyl (C=O) groups is 1. The first-order valence-corrected chi connectivity index (χ1v) is 6.36. The fourth-order valence-electron chi connectivity index (χ4n) is 2.24. The molecule has 1 aliphatic carbocycles. The fourth-order valence-corrected chi connectivity index (χ4v) is 2.24. The number of nitrogens with one attached hydrogen (secondary N) is 1. The molecule has 1 aromatic carbocycles. The second-order valence-corrected chi connectivity index (χ2v) is 5.54. The predicted octanol–water partition coefficient (Wildman–Crippen LogP) is 3.76. The van der Waals surface area contributed by atoms with E-state index in [0.29, 0.717) is 18.7 Å². The van der Waals surface area contributed by atoms with Gasteiger partial charge in [0, 0.05) is 12.1 Å². The second-order valence-electron chi connectivity index (χ2n) is 5.54. The summed E-state index contributed by atoms with van der Waals surface area (Å²) in [4.78, 5) is 11.8. The van der Waals surface area contributed by atoms with Crippen molar-refractivity contribution in [3.63, 3.8) is 0 Å². The highest BCUT2D eigenvalue weighted by molar-refractivity contribution is 5.94. The smallest absolute Gasteiger partial charge is 0.351 e. The van der Waals surface area contributed by atoms with E-state index < -0.39 is 23.5 Å². The van der Waals surface area contributed by atoms with E-state index in [1.807, 2.05) is 6.92 Å². The molecule has 0 atom stereocenters. The summed E-state index contributed by atoms with van der Waals surface area (Å²) in [5.41, 5.74) is -1.57. The summed E-state index contributed by atoms with van der Waals surface area (Å²) in [6, 6.07) is 2.28. The number of rotatable bonds is 3. The van der Waals surface area contributed by atoms with Gasteiger partial charge in [-0.3, -0.25) is 4.79 Å². The van der Waals surface area contributed by atoms with Crippen LogP contribution in [-0.4, -0.2) is 12.5 Å². The van der Waals surface area contributed by atoms with Crippen molar-refractivity contribution in [1.82, 2.24) is 5.32 Å². The Balaban J connectivity index is 2.10. The molecule has 1 fully saturated rings. The van der Waals surface area contributed by atoms with Crippen LogP contribution in [0.3, 0.4) is 0 Å². The summed E-state index contributed by atoms with van der Waals surface area (Å²) in [6.07, 6.45) is -1.73. The van der Waals surface area contributed by atoms with Crippen LogP contribution >= 0.6 is 0 Å². The lowest BCUT2D eigenvalue weighted by Crippen LogP contribution is -2.40. The molecule has 6 heteroatoms. The Morgan fingerprint density at radius 1 is 1.35 bits per heavy atom. The van der Waals surface area contributed by atoms with Gasteiger partial charge >= 0.3 is 6.18 Å². The molecule has 0 aromatic heterocycles. The molecule has 0 spiro atoms. The summed E-state index contributed by atoms with van der Waals surface area (Å²) in [6.45, 7) is 2.44. The Morgan fingerprint density at radius 3 is 2.50 bits per heavy atom. The molecular formula is C14H15F4NO. The van der Waals surface area contributed by atoms with Crippen molar-refractivity contribution in [3.05, 3.63) is 35.1 Å². The molecule has 1 amide bonds. The van der Waals surface area contributed by atoms with Gasteiger partial charge in [-0.05, 0) is 36.5 Å². The fraction of sp³-hybridized carbons (Fsp3) is 0.500. The minimum absolute atomic E-state index is 0.0303. The van der Waals surface area contributed by atoms with Crippen molar-refractivity contribution in [2.75, 3.05) is 6.54 Å². The second kappa shape index (κ2) is 5.07. The highest BCUT2D eigenvalue weighted by atomic mass is 19.4. The van der Waals surface area contributed by atoms with Gasteiger partial charge in [0.1, 0.15) is 5.82 Å². The maximum atomic E-state index is 13.1. The monoisotopic (exact) mass is 289 g/mol. The van der Waals surface area contributed by atoms with E-state index >= 15 is 0 Å². The third-order valence-electron chi connectivity index (χ3n) is 3.77. The average molecular weight is 289 g/mol. The summed E-state index contributed by atoms with van der Waals surface area (Å²) < 4.78 is 50.8. The standard InChI is InChI=1S/C14H15F4NO/c1-13(5-2-6-13)8-19-12(20)9-3-4-11(15)10(7-9)14(16,17)18/h3-4,7H,2,5-6,8H2,1H3,(H,19,20). The van der Waals surface area contributed by atoms with Crippen molar-refractivity contribution < 1.29 is 22.4 Å². The number of benzene rings is 1. The summed E-state index contributed by atoms with van der Waals surface area (Å²) in [7, 11) is 0. The van der Waals surface area contributed by atoms with Gasteiger partial charge in [-0.15, -0.1) is 0 Å². The van der Waals surface area contributed by atoms with E-state index in [1.54, 1.807) is 0 Å². The molecule has 1 N–H and O–H groups in total. The van der Waals surface area contributed by atoms with Crippen LogP contribution in [0.15, 0.2) is 18.2 Å². The normalized spacial score (nSPS) is 17.4. The first-order chi connectivity index (χ1) is 9.21. The number of hydrogen-bond donors (Lipinski definition) is 1. The summed E-state index contributed by atoms with van der Waals surface area (Å²) in [5, 5.41) is 2.61. The zero-order chi connectivity index (χ0) is 15.0. The van der Waals surface area contributed by atoms with Crippen molar-refractivity contribution in [2.45, 2.75) is 32.4 Å². The lowest BCUT2D eigenvalue weighted by atomic mass is 9.70. The van der Waals surface area contributed by atoms with Gasteiger partial charge in [-0.1, -0.05) is 13.3 Å². The third kappa shape index (κ3) is 3.11. The van der Waals surface area contributed by atoms with Crippen LogP contribution in [0.4, 0.5) is 17.6 Å². The first-order valence-electron chi connectivity index (χ1n) is 6.36. The Bertz CT molecular complexity index is 520. The van der Waals surface area contributed by atoms with Crippen LogP contribution in [0.1, 0.15) is 42.1 Å². The van der Waals surface area contributed by atoms with Crippen molar-refractivity contribution in [1.29, 1.82) is 0 Å². The Kier molecular flexibility index (Phi) is 3.75. The molecule has 0 unspecified atom stereocenters. The highest BCUT2D eigenvalue weighted by Crippen LogP contribution is 2.39. The minimum atomic E-state index is -4.81. The summed E-state index contributed by atoms with van der Waals surface area (Å²) >= 11 is 0. The number of hydrogen-bond acceptors (Lipinski definition) is 1. The van der Waals surface area contributed by atoms with Crippen LogP contribution in [0.2, 0.25) is 0 Å². The van der Waals surface area contributed by atoms with E-state index in [0.717, 1.165) is 25.3 Å². The van der Waals surface area contributed by atoms with Crippen LogP contribution in [0.25, 0.3) is 0 Å². The maximum absolute atomic E-state index is 13.1. The molecule has 1 aromatic rings. The predicted molar refractivity (Wildman–Crippen MR) is 65.7 cm³/mol. The van der Waals surface area contributed by atoms with Gasteiger partial charge in [-0.2, -0.15) is 13.2 Å². The van der Waals surface area contributed by atoms with Gasteiger partial charge in [0.15, 0.2) is 0 Å². The molecule has 110 valence electrons. The van der Waals surface area contributed by atoms with Gasteiger partial charge in [0.05, 0.1) is 5.56 Å². The molecule has 0 aliphatic heterocycles. The summed E-state index contributed by atoms with van der Waals surface area (Å²) in [5.74, 6) is -1.98. The topological polar surface area (TPSA) is 29.1 Å². The zero-order valence-corrected chi connectivity index (χ0v) is 11.0. The number of alkyl halides is 3. The first kappa shape index (κ1) is 14.8. The van der Waals surface area contributed by atoms with Gasteiger partial charge in [0.2, 0.25) is 0 Å². The molecule has 2 nitrogen and oxygen atoms in total.